The molecule has 1 amide bonds. The number of aromatic amines is 1. The molecule has 3 aromatic rings. The minimum Gasteiger partial charge on any atom is -0.347 e. The molecule has 0 aliphatic rings. The van der Waals surface area contributed by atoms with Crippen molar-refractivity contribution in [2.45, 2.75) is 32.7 Å². The van der Waals surface area contributed by atoms with E-state index >= 15 is 0 Å². The van der Waals surface area contributed by atoms with Crippen LogP contribution in [0.25, 0.3) is 10.9 Å². The molecule has 0 unspecified atom stereocenters. The van der Waals surface area contributed by atoms with E-state index in [1.54, 1.807) is 11.3 Å². The number of aryl methyl sites for hydroxylation is 2. The second kappa shape index (κ2) is 8.39. The fraction of sp³-hybridized carbons (Fsp3) is 0.368. The number of fused-ring (bicyclic) bond motifs is 1. The third kappa shape index (κ3) is 4.39. The van der Waals surface area contributed by atoms with E-state index in [0.29, 0.717) is 11.9 Å². The minimum atomic E-state index is -0.641. The molecule has 6 nitrogen and oxygen atoms in total. The minimum absolute atomic E-state index is 0.00808. The molecule has 1 aromatic carbocycles. The Balaban J connectivity index is 1.84. The molecule has 0 spiro atoms. The molecule has 3 rings (SSSR count). The molecular weight excluding hydrogens is 367 g/mol. The van der Waals surface area contributed by atoms with Crippen molar-refractivity contribution in [2.75, 3.05) is 6.54 Å². The number of thiophene rings is 1. The summed E-state index contributed by atoms with van der Waals surface area (Å²) >= 11 is 1.68. The van der Waals surface area contributed by atoms with Gasteiger partial charge in [-0.05, 0) is 36.3 Å². The van der Waals surface area contributed by atoms with E-state index in [1.165, 1.54) is 17.0 Å². The van der Waals surface area contributed by atoms with E-state index in [1.807, 2.05) is 25.3 Å². The van der Waals surface area contributed by atoms with Gasteiger partial charge in [0.1, 0.15) is 12.4 Å². The molecule has 2 N–H and O–H groups in total. The van der Waals surface area contributed by atoms with Gasteiger partial charge in [-0.1, -0.05) is 25.1 Å². The average Bonchev–Trinajstić information content (AvgIpc) is 3.28. The lowest BCUT2D eigenvalue weighted by Gasteiger charge is -2.19. The summed E-state index contributed by atoms with van der Waals surface area (Å²) in [6, 6.07) is 6.42. The number of carbonyl (C=O) groups excluding carboxylic acids is 1. The molecular formula is C19H21FN4O2S. The van der Waals surface area contributed by atoms with Crippen LogP contribution >= 0.6 is 11.3 Å². The summed E-state index contributed by atoms with van der Waals surface area (Å²) in [5.41, 5.74) is 1.29. The highest BCUT2D eigenvalue weighted by molar-refractivity contribution is 7.09. The van der Waals surface area contributed by atoms with Crippen LogP contribution in [0.2, 0.25) is 0 Å². The van der Waals surface area contributed by atoms with E-state index in [-0.39, 0.29) is 18.0 Å². The molecule has 2 aromatic heterocycles. The van der Waals surface area contributed by atoms with Crippen LogP contribution in [0, 0.1) is 16.6 Å². The second-order valence-electron chi connectivity index (χ2n) is 6.77. The summed E-state index contributed by atoms with van der Waals surface area (Å²) < 4.78 is 14.4. The molecule has 8 heteroatoms. The van der Waals surface area contributed by atoms with Gasteiger partial charge in [-0.25, -0.2) is 4.39 Å². The van der Waals surface area contributed by atoms with E-state index < -0.39 is 17.8 Å². The maximum Gasteiger partial charge on any atom is 0.254 e. The molecule has 0 bridgehead atoms. The van der Waals surface area contributed by atoms with Crippen LogP contribution < -0.4 is 5.32 Å². The first-order chi connectivity index (χ1) is 13.0. The summed E-state index contributed by atoms with van der Waals surface area (Å²) in [5, 5.41) is 15.4. The van der Waals surface area contributed by atoms with Gasteiger partial charge < -0.3 is 5.32 Å². The highest BCUT2D eigenvalue weighted by Gasteiger charge is 2.21. The Bertz CT molecular complexity index is 937. The number of hydrogen-bond donors (Lipinski definition) is 2. The number of aromatic nitrogens is 2. The number of halogens is 1. The SMILES string of the molecule is CC(C)[C@@H](CN=O)NC(=O)c1cc2c(CCc3cccs3)[nH]nc2cc1F. The summed E-state index contributed by atoms with van der Waals surface area (Å²) in [4.78, 5) is 24.4. The van der Waals surface area contributed by atoms with Crippen LogP contribution in [0.4, 0.5) is 4.39 Å². The number of nitrogens with one attached hydrogen (secondary N) is 2. The van der Waals surface area contributed by atoms with Crippen molar-refractivity contribution in [3.63, 3.8) is 0 Å². The second-order valence-corrected chi connectivity index (χ2v) is 7.80. The van der Waals surface area contributed by atoms with E-state index in [9.17, 15) is 14.1 Å². The third-order valence-corrected chi connectivity index (χ3v) is 5.50. The number of nitrogens with zero attached hydrogens (tertiary/aromatic N) is 2. The molecule has 0 saturated heterocycles. The summed E-state index contributed by atoms with van der Waals surface area (Å²) in [7, 11) is 0. The van der Waals surface area contributed by atoms with Gasteiger partial charge in [0, 0.05) is 22.0 Å². The monoisotopic (exact) mass is 388 g/mol. The van der Waals surface area contributed by atoms with Crippen LogP contribution in [0.3, 0.4) is 0 Å². The molecule has 27 heavy (non-hydrogen) atoms. The Hall–Kier alpha value is -2.61. The van der Waals surface area contributed by atoms with Gasteiger partial charge >= 0.3 is 0 Å². The summed E-state index contributed by atoms with van der Waals surface area (Å²) in [6.07, 6.45) is 1.56. The summed E-state index contributed by atoms with van der Waals surface area (Å²) in [6.45, 7) is 3.69. The van der Waals surface area contributed by atoms with Gasteiger partial charge in [0.15, 0.2) is 0 Å². The zero-order chi connectivity index (χ0) is 19.4. The van der Waals surface area contributed by atoms with E-state index in [2.05, 4.69) is 26.8 Å². The summed E-state index contributed by atoms with van der Waals surface area (Å²) in [5.74, 6) is -1.19. The van der Waals surface area contributed by atoms with Crippen LogP contribution in [-0.4, -0.2) is 28.7 Å². The normalized spacial score (nSPS) is 12.4. The van der Waals surface area contributed by atoms with Crippen molar-refractivity contribution >= 4 is 28.1 Å². The fourth-order valence-corrected chi connectivity index (χ4v) is 3.61. The van der Waals surface area contributed by atoms with Crippen molar-refractivity contribution in [3.05, 3.63) is 56.5 Å². The Morgan fingerprint density at radius 3 is 2.85 bits per heavy atom. The number of hydrogen-bond acceptors (Lipinski definition) is 5. The van der Waals surface area contributed by atoms with Gasteiger partial charge in [0.25, 0.3) is 5.91 Å². The van der Waals surface area contributed by atoms with Crippen LogP contribution in [0.1, 0.15) is 34.8 Å². The third-order valence-electron chi connectivity index (χ3n) is 4.56. The fourth-order valence-electron chi connectivity index (χ4n) is 2.90. The van der Waals surface area contributed by atoms with Crippen molar-refractivity contribution in [1.29, 1.82) is 0 Å². The van der Waals surface area contributed by atoms with Crippen LogP contribution in [0.15, 0.2) is 34.8 Å². The van der Waals surface area contributed by atoms with Crippen molar-refractivity contribution < 1.29 is 9.18 Å². The zero-order valence-corrected chi connectivity index (χ0v) is 16.0. The number of carbonyl (C=O) groups is 1. The number of benzene rings is 1. The van der Waals surface area contributed by atoms with Crippen molar-refractivity contribution in [1.82, 2.24) is 15.5 Å². The van der Waals surface area contributed by atoms with Crippen molar-refractivity contribution in [2.24, 2.45) is 11.1 Å². The average molecular weight is 388 g/mol. The molecule has 1 atom stereocenters. The Labute approximate surface area is 160 Å². The lowest BCUT2D eigenvalue weighted by atomic mass is 10.0. The van der Waals surface area contributed by atoms with Gasteiger partial charge in [-0.15, -0.1) is 11.3 Å². The molecule has 0 saturated carbocycles. The number of nitroso groups, excluding NO2 is 1. The van der Waals surface area contributed by atoms with Crippen LogP contribution in [0.5, 0.6) is 0 Å². The topological polar surface area (TPSA) is 87.2 Å². The molecule has 0 aliphatic heterocycles. The Kier molecular flexibility index (Phi) is 5.95. The number of H-pyrrole nitrogens is 1. The maximum absolute atomic E-state index is 14.4. The lowest BCUT2D eigenvalue weighted by Crippen LogP contribution is -2.41. The standard InChI is InChI=1S/C19H21FN4O2S/c1-11(2)18(10-21-26)22-19(25)13-8-14-16(6-5-12-4-3-7-27-12)23-24-17(14)9-15(13)20/h3-4,7-9,11,18H,5-6,10H2,1-2H3,(H,22,25)(H,23,24)/t18-/m1/s1. The Morgan fingerprint density at radius 1 is 1.37 bits per heavy atom. The van der Waals surface area contributed by atoms with Crippen molar-refractivity contribution in [3.8, 4) is 0 Å². The lowest BCUT2D eigenvalue weighted by molar-refractivity contribution is 0.0924. The van der Waals surface area contributed by atoms with Gasteiger partial charge in [0.05, 0.1) is 17.1 Å². The van der Waals surface area contributed by atoms with Gasteiger partial charge in [-0.3, -0.25) is 9.89 Å². The zero-order valence-electron chi connectivity index (χ0n) is 15.2. The molecule has 0 radical (unpaired) electrons. The smallest absolute Gasteiger partial charge is 0.254 e. The largest absolute Gasteiger partial charge is 0.347 e. The first-order valence-electron chi connectivity index (χ1n) is 8.78. The quantitative estimate of drug-likeness (QED) is 0.570. The van der Waals surface area contributed by atoms with Crippen LogP contribution in [-0.2, 0) is 12.8 Å². The highest BCUT2D eigenvalue weighted by atomic mass is 32.1. The van der Waals surface area contributed by atoms with Gasteiger partial charge in [0.2, 0.25) is 0 Å². The maximum atomic E-state index is 14.4. The van der Waals surface area contributed by atoms with Gasteiger partial charge in [-0.2, -0.15) is 10.0 Å². The number of rotatable bonds is 8. The molecule has 142 valence electrons. The molecule has 0 fully saturated rings. The predicted octanol–water partition coefficient (Wildman–Crippen LogP) is 4.07. The Morgan fingerprint density at radius 2 is 2.19 bits per heavy atom. The first-order valence-corrected chi connectivity index (χ1v) is 9.66. The van der Waals surface area contributed by atoms with E-state index in [4.69, 9.17) is 0 Å². The first kappa shape index (κ1) is 19.2. The highest BCUT2D eigenvalue weighted by Crippen LogP contribution is 2.23. The molecule has 2 heterocycles. The molecule has 0 aliphatic carbocycles. The number of amides is 1. The van der Waals surface area contributed by atoms with E-state index in [0.717, 1.165) is 17.5 Å². The predicted molar refractivity (Wildman–Crippen MR) is 105 cm³/mol.